The van der Waals surface area contributed by atoms with Crippen LogP contribution in [-0.2, 0) is 9.53 Å². The minimum Gasteiger partial charge on any atom is -0.484 e. The highest BCUT2D eigenvalue weighted by atomic mass is 16.5. The third-order valence-corrected chi connectivity index (χ3v) is 6.31. The van der Waals surface area contributed by atoms with Crippen molar-refractivity contribution in [2.24, 2.45) is 0 Å². The maximum absolute atomic E-state index is 13.0. The zero-order valence-corrected chi connectivity index (χ0v) is 19.3. The lowest BCUT2D eigenvalue weighted by Gasteiger charge is -2.35. The van der Waals surface area contributed by atoms with Gasteiger partial charge in [0, 0.05) is 44.8 Å². The third-order valence-electron chi connectivity index (χ3n) is 6.31. The SMILES string of the molecule is Cc1ccccc1C(=O)N1CCOC(CN2CCCN(C(=O)COc3ccccc3)CC2)C1. The molecule has 2 heterocycles. The summed E-state index contributed by atoms with van der Waals surface area (Å²) in [6, 6.07) is 17.2. The first-order valence-electron chi connectivity index (χ1n) is 11.7. The number of rotatable bonds is 6. The smallest absolute Gasteiger partial charge is 0.260 e. The summed E-state index contributed by atoms with van der Waals surface area (Å²) in [4.78, 5) is 31.8. The molecule has 1 atom stereocenters. The summed E-state index contributed by atoms with van der Waals surface area (Å²) in [6.45, 7) is 7.68. The van der Waals surface area contributed by atoms with Crippen molar-refractivity contribution in [2.45, 2.75) is 19.4 Å². The average molecular weight is 452 g/mol. The molecule has 33 heavy (non-hydrogen) atoms. The summed E-state index contributed by atoms with van der Waals surface area (Å²) in [6.07, 6.45) is 0.894. The Bertz CT molecular complexity index is 936. The Labute approximate surface area is 195 Å². The van der Waals surface area contributed by atoms with Gasteiger partial charge in [0.25, 0.3) is 11.8 Å². The molecule has 2 saturated heterocycles. The van der Waals surface area contributed by atoms with Gasteiger partial charge in [-0.15, -0.1) is 0 Å². The van der Waals surface area contributed by atoms with E-state index in [1.165, 1.54) is 0 Å². The summed E-state index contributed by atoms with van der Waals surface area (Å²) in [7, 11) is 0. The topological polar surface area (TPSA) is 62.3 Å². The van der Waals surface area contributed by atoms with Crippen LogP contribution in [0.25, 0.3) is 0 Å². The zero-order valence-electron chi connectivity index (χ0n) is 19.3. The van der Waals surface area contributed by atoms with Gasteiger partial charge in [0.15, 0.2) is 6.61 Å². The number of ether oxygens (including phenoxy) is 2. The van der Waals surface area contributed by atoms with Crippen molar-refractivity contribution in [3.8, 4) is 5.75 Å². The standard InChI is InChI=1S/C26H33N3O4/c1-21-8-5-6-11-24(21)26(31)29-16-17-32-23(19-29)18-27-12-7-13-28(15-14-27)25(30)20-33-22-9-3-2-4-10-22/h2-6,8-11,23H,7,12-20H2,1H3. The molecular formula is C26H33N3O4. The number of amides is 2. The minimum atomic E-state index is -0.0182. The quantitative estimate of drug-likeness (QED) is 0.675. The minimum absolute atomic E-state index is 0.0182. The number of carbonyl (C=O) groups is 2. The monoisotopic (exact) mass is 451 g/mol. The van der Waals surface area contributed by atoms with Crippen LogP contribution >= 0.6 is 0 Å². The molecule has 2 fully saturated rings. The van der Waals surface area contributed by atoms with Gasteiger partial charge in [-0.1, -0.05) is 36.4 Å². The molecule has 0 aromatic heterocycles. The fourth-order valence-corrected chi connectivity index (χ4v) is 4.44. The lowest BCUT2D eigenvalue weighted by Crippen LogP contribution is -2.50. The van der Waals surface area contributed by atoms with Gasteiger partial charge >= 0.3 is 0 Å². The van der Waals surface area contributed by atoms with E-state index in [2.05, 4.69) is 4.90 Å². The van der Waals surface area contributed by atoms with Crippen LogP contribution in [0.4, 0.5) is 0 Å². The number of benzene rings is 2. The molecule has 0 spiro atoms. The highest BCUT2D eigenvalue weighted by Gasteiger charge is 2.28. The number of nitrogens with zero attached hydrogens (tertiary/aromatic N) is 3. The van der Waals surface area contributed by atoms with Crippen molar-refractivity contribution in [3.05, 3.63) is 65.7 Å². The second-order valence-corrected chi connectivity index (χ2v) is 8.70. The van der Waals surface area contributed by atoms with Crippen LogP contribution in [0.5, 0.6) is 5.75 Å². The first-order valence-corrected chi connectivity index (χ1v) is 11.7. The maximum atomic E-state index is 13.0. The number of hydrogen-bond donors (Lipinski definition) is 0. The van der Waals surface area contributed by atoms with E-state index >= 15 is 0 Å². The van der Waals surface area contributed by atoms with E-state index in [1.807, 2.05) is 71.3 Å². The molecule has 2 aliphatic rings. The van der Waals surface area contributed by atoms with Crippen LogP contribution < -0.4 is 4.74 Å². The van der Waals surface area contributed by atoms with Crippen molar-refractivity contribution in [1.29, 1.82) is 0 Å². The Balaban J connectivity index is 1.25. The number of para-hydroxylation sites is 1. The summed E-state index contributed by atoms with van der Waals surface area (Å²) in [5.41, 5.74) is 1.76. The van der Waals surface area contributed by atoms with Crippen LogP contribution in [0.1, 0.15) is 22.3 Å². The lowest BCUT2D eigenvalue weighted by molar-refractivity contribution is -0.133. The molecule has 0 aliphatic carbocycles. The molecule has 7 nitrogen and oxygen atoms in total. The highest BCUT2D eigenvalue weighted by molar-refractivity contribution is 5.95. The summed E-state index contributed by atoms with van der Waals surface area (Å²) in [5.74, 6) is 0.804. The molecule has 0 radical (unpaired) electrons. The molecule has 4 rings (SSSR count). The fourth-order valence-electron chi connectivity index (χ4n) is 4.44. The van der Waals surface area contributed by atoms with Gasteiger partial charge in [-0.3, -0.25) is 14.5 Å². The van der Waals surface area contributed by atoms with Gasteiger partial charge in [-0.05, 0) is 43.7 Å². The Morgan fingerprint density at radius 2 is 1.73 bits per heavy atom. The first kappa shape index (κ1) is 23.3. The second kappa shape index (κ2) is 11.3. The molecule has 2 aromatic rings. The van der Waals surface area contributed by atoms with Crippen molar-refractivity contribution >= 4 is 11.8 Å². The maximum Gasteiger partial charge on any atom is 0.260 e. The Morgan fingerprint density at radius 3 is 2.55 bits per heavy atom. The van der Waals surface area contributed by atoms with Gasteiger partial charge in [0.05, 0.1) is 12.7 Å². The van der Waals surface area contributed by atoms with Crippen LogP contribution in [0, 0.1) is 6.92 Å². The van der Waals surface area contributed by atoms with E-state index in [-0.39, 0.29) is 24.5 Å². The predicted molar refractivity (Wildman–Crippen MR) is 126 cm³/mol. The number of carbonyl (C=O) groups excluding carboxylic acids is 2. The van der Waals surface area contributed by atoms with Crippen LogP contribution in [0.2, 0.25) is 0 Å². The van der Waals surface area contributed by atoms with Crippen molar-refractivity contribution < 1.29 is 19.1 Å². The van der Waals surface area contributed by atoms with Crippen LogP contribution in [0.3, 0.4) is 0 Å². The van der Waals surface area contributed by atoms with E-state index in [1.54, 1.807) is 0 Å². The molecular weight excluding hydrogens is 418 g/mol. The van der Waals surface area contributed by atoms with Gasteiger partial charge in [0.2, 0.25) is 0 Å². The van der Waals surface area contributed by atoms with Gasteiger partial charge in [0.1, 0.15) is 5.75 Å². The summed E-state index contributed by atoms with van der Waals surface area (Å²) in [5, 5.41) is 0. The molecule has 176 valence electrons. The van der Waals surface area contributed by atoms with Crippen LogP contribution in [-0.4, -0.2) is 91.6 Å². The zero-order chi connectivity index (χ0) is 23.0. The molecule has 1 unspecified atom stereocenters. The first-order chi connectivity index (χ1) is 16.1. The number of aryl methyl sites for hydroxylation is 1. The van der Waals surface area contributed by atoms with Crippen molar-refractivity contribution in [3.63, 3.8) is 0 Å². The molecule has 2 amide bonds. The molecule has 2 aromatic carbocycles. The van der Waals surface area contributed by atoms with Gasteiger partial charge in [-0.2, -0.15) is 0 Å². The van der Waals surface area contributed by atoms with E-state index in [9.17, 15) is 9.59 Å². The Hall–Kier alpha value is -2.90. The van der Waals surface area contributed by atoms with E-state index in [4.69, 9.17) is 9.47 Å². The Morgan fingerprint density at radius 1 is 0.939 bits per heavy atom. The molecule has 7 heteroatoms. The molecule has 0 saturated carbocycles. The van der Waals surface area contributed by atoms with Crippen molar-refractivity contribution in [1.82, 2.24) is 14.7 Å². The normalized spacial score (nSPS) is 19.7. The number of morpholine rings is 1. The molecule has 0 bridgehead atoms. The lowest BCUT2D eigenvalue weighted by atomic mass is 10.1. The summed E-state index contributed by atoms with van der Waals surface area (Å²) < 4.78 is 11.6. The van der Waals surface area contributed by atoms with E-state index < -0.39 is 0 Å². The van der Waals surface area contributed by atoms with Gasteiger partial charge < -0.3 is 19.3 Å². The summed E-state index contributed by atoms with van der Waals surface area (Å²) >= 11 is 0. The van der Waals surface area contributed by atoms with Crippen LogP contribution in [0.15, 0.2) is 54.6 Å². The Kier molecular flexibility index (Phi) is 7.96. The highest BCUT2D eigenvalue weighted by Crippen LogP contribution is 2.16. The number of hydrogen-bond acceptors (Lipinski definition) is 5. The second-order valence-electron chi connectivity index (χ2n) is 8.70. The third kappa shape index (κ3) is 6.33. The fraction of sp³-hybridized carbons (Fsp3) is 0.462. The van der Waals surface area contributed by atoms with E-state index in [0.29, 0.717) is 32.0 Å². The molecule has 0 N–H and O–H groups in total. The molecule has 2 aliphatic heterocycles. The van der Waals surface area contributed by atoms with E-state index in [0.717, 1.165) is 43.7 Å². The average Bonchev–Trinajstić information content (AvgIpc) is 3.09. The van der Waals surface area contributed by atoms with Gasteiger partial charge in [-0.25, -0.2) is 0 Å². The van der Waals surface area contributed by atoms with Crippen molar-refractivity contribution in [2.75, 3.05) is 59.0 Å². The predicted octanol–water partition coefficient (Wildman–Crippen LogP) is 2.45. The largest absolute Gasteiger partial charge is 0.484 e.